The molecule has 2 N–H and O–H groups in total. The lowest BCUT2D eigenvalue weighted by atomic mass is 10.0. The number of amides is 1. The first-order valence-electron chi connectivity index (χ1n) is 8.65. The number of aliphatic hydroxyl groups is 1. The van der Waals surface area contributed by atoms with Crippen molar-refractivity contribution in [3.05, 3.63) is 92.8 Å². The Balaban J connectivity index is 1.58. The van der Waals surface area contributed by atoms with Gasteiger partial charge in [-0.2, -0.15) is 0 Å². The van der Waals surface area contributed by atoms with Crippen LogP contribution in [-0.4, -0.2) is 17.1 Å². The van der Waals surface area contributed by atoms with Crippen LogP contribution in [0.25, 0.3) is 11.1 Å². The van der Waals surface area contributed by atoms with Gasteiger partial charge in [0.05, 0.1) is 17.7 Å². The molecule has 2 atom stereocenters. The fraction of sp³-hybridized carbons (Fsp3) is 0.136. The van der Waals surface area contributed by atoms with Crippen molar-refractivity contribution in [3.8, 4) is 11.1 Å². The Labute approximate surface area is 170 Å². The number of aliphatic hydroxyl groups excluding tert-OH is 1. The van der Waals surface area contributed by atoms with E-state index in [-0.39, 0.29) is 5.56 Å². The molecule has 3 nitrogen and oxygen atoms in total. The first-order chi connectivity index (χ1) is 13.0. The highest BCUT2D eigenvalue weighted by molar-refractivity contribution is 14.1. The summed E-state index contributed by atoms with van der Waals surface area (Å²) in [5, 5.41) is 13.1. The summed E-state index contributed by atoms with van der Waals surface area (Å²) >= 11 is 2.20. The predicted molar refractivity (Wildman–Crippen MR) is 111 cm³/mol. The SMILES string of the molecule is O=C(N[C@@H]1c2cc(I)ccc2C[C@H]1O)c1ccc(-c2ccccc2)cc1F. The summed E-state index contributed by atoms with van der Waals surface area (Å²) in [6, 6.07) is 19.4. The Hall–Kier alpha value is -2.25. The molecule has 4 rings (SSSR count). The summed E-state index contributed by atoms with van der Waals surface area (Å²) in [6.45, 7) is 0. The van der Waals surface area contributed by atoms with Gasteiger partial charge < -0.3 is 10.4 Å². The van der Waals surface area contributed by atoms with E-state index in [2.05, 4.69) is 27.9 Å². The summed E-state index contributed by atoms with van der Waals surface area (Å²) in [5.74, 6) is -1.10. The van der Waals surface area contributed by atoms with Crippen LogP contribution in [0.2, 0.25) is 0 Å². The summed E-state index contributed by atoms with van der Waals surface area (Å²) in [6.07, 6.45) is -0.235. The van der Waals surface area contributed by atoms with Crippen LogP contribution in [0.1, 0.15) is 27.5 Å². The lowest BCUT2D eigenvalue weighted by Gasteiger charge is -2.18. The van der Waals surface area contributed by atoms with Crippen LogP contribution in [-0.2, 0) is 6.42 Å². The molecule has 0 heterocycles. The molecule has 0 radical (unpaired) electrons. The first kappa shape index (κ1) is 18.1. The molecular weight excluding hydrogens is 456 g/mol. The molecule has 3 aromatic rings. The van der Waals surface area contributed by atoms with E-state index < -0.39 is 23.9 Å². The second-order valence-corrected chi connectivity index (χ2v) is 7.87. The molecule has 0 bridgehead atoms. The number of hydrogen-bond acceptors (Lipinski definition) is 2. The Morgan fingerprint density at radius 1 is 1.04 bits per heavy atom. The van der Waals surface area contributed by atoms with Crippen LogP contribution in [0.4, 0.5) is 4.39 Å². The summed E-state index contributed by atoms with van der Waals surface area (Å²) < 4.78 is 15.6. The van der Waals surface area contributed by atoms with Crippen molar-refractivity contribution in [2.75, 3.05) is 0 Å². The number of benzene rings is 3. The lowest BCUT2D eigenvalue weighted by Crippen LogP contribution is -2.34. The van der Waals surface area contributed by atoms with Crippen molar-refractivity contribution in [2.45, 2.75) is 18.6 Å². The summed E-state index contributed by atoms with van der Waals surface area (Å²) in [5.41, 5.74) is 3.47. The minimum absolute atomic E-state index is 0.0269. The van der Waals surface area contributed by atoms with Crippen molar-refractivity contribution >= 4 is 28.5 Å². The molecule has 0 aliphatic heterocycles. The molecule has 1 amide bonds. The minimum Gasteiger partial charge on any atom is -0.390 e. The summed E-state index contributed by atoms with van der Waals surface area (Å²) in [7, 11) is 0. The van der Waals surface area contributed by atoms with Gasteiger partial charge in [-0.3, -0.25) is 4.79 Å². The van der Waals surface area contributed by atoms with Crippen LogP contribution in [0.15, 0.2) is 66.7 Å². The maximum absolute atomic E-state index is 14.6. The average Bonchev–Trinajstić information content (AvgIpc) is 2.97. The Morgan fingerprint density at radius 3 is 2.56 bits per heavy atom. The van der Waals surface area contributed by atoms with Gasteiger partial charge in [-0.25, -0.2) is 4.39 Å². The number of fused-ring (bicyclic) bond motifs is 1. The zero-order chi connectivity index (χ0) is 19.0. The van der Waals surface area contributed by atoms with Gasteiger partial charge in [-0.1, -0.05) is 42.5 Å². The second-order valence-electron chi connectivity index (χ2n) is 6.63. The third-order valence-corrected chi connectivity index (χ3v) is 5.54. The summed E-state index contributed by atoms with van der Waals surface area (Å²) in [4.78, 5) is 12.6. The maximum atomic E-state index is 14.6. The van der Waals surface area contributed by atoms with E-state index in [1.165, 1.54) is 12.1 Å². The first-order valence-corrected chi connectivity index (χ1v) is 9.73. The molecule has 3 aromatic carbocycles. The number of nitrogens with one attached hydrogen (secondary N) is 1. The number of halogens is 2. The molecule has 27 heavy (non-hydrogen) atoms. The second kappa shape index (κ2) is 7.40. The molecular formula is C22H17FINO2. The van der Waals surface area contributed by atoms with Gasteiger partial charge in [0.1, 0.15) is 5.82 Å². The van der Waals surface area contributed by atoms with E-state index in [9.17, 15) is 14.3 Å². The van der Waals surface area contributed by atoms with Crippen molar-refractivity contribution in [1.29, 1.82) is 0 Å². The van der Waals surface area contributed by atoms with Crippen LogP contribution in [0.5, 0.6) is 0 Å². The van der Waals surface area contributed by atoms with Gasteiger partial charge in [0.25, 0.3) is 5.91 Å². The predicted octanol–water partition coefficient (Wildman–Crippen LogP) is 4.49. The van der Waals surface area contributed by atoms with Crippen molar-refractivity contribution in [2.24, 2.45) is 0 Å². The third kappa shape index (κ3) is 3.61. The molecule has 0 fully saturated rings. The number of carbonyl (C=O) groups is 1. The normalized spacial score (nSPS) is 18.2. The highest BCUT2D eigenvalue weighted by Crippen LogP contribution is 2.33. The van der Waals surface area contributed by atoms with Crippen molar-refractivity contribution < 1.29 is 14.3 Å². The van der Waals surface area contributed by atoms with Crippen LogP contribution >= 0.6 is 22.6 Å². The number of carbonyl (C=O) groups excluding carboxylic acids is 1. The Kier molecular flexibility index (Phi) is 4.97. The van der Waals surface area contributed by atoms with E-state index in [0.29, 0.717) is 12.0 Å². The molecule has 0 saturated heterocycles. The lowest BCUT2D eigenvalue weighted by molar-refractivity contribution is 0.0854. The van der Waals surface area contributed by atoms with E-state index in [1.54, 1.807) is 6.07 Å². The van der Waals surface area contributed by atoms with E-state index in [4.69, 9.17) is 0 Å². The average molecular weight is 473 g/mol. The highest BCUT2D eigenvalue weighted by atomic mass is 127. The van der Waals surface area contributed by atoms with Gasteiger partial charge in [-0.05, 0) is 69.1 Å². The Morgan fingerprint density at radius 2 is 1.81 bits per heavy atom. The van der Waals surface area contributed by atoms with E-state index in [0.717, 1.165) is 20.3 Å². The zero-order valence-corrected chi connectivity index (χ0v) is 16.5. The standard InChI is InChI=1S/C22H17FINO2/c23-19-10-14(13-4-2-1-3-5-13)7-9-17(19)22(27)25-21-18-12-16(24)8-6-15(18)11-20(21)26/h1-10,12,20-21,26H,11H2,(H,25,27)/t20-,21-/m1/s1. The zero-order valence-electron chi connectivity index (χ0n) is 14.3. The molecule has 0 unspecified atom stereocenters. The van der Waals surface area contributed by atoms with Crippen LogP contribution in [0.3, 0.4) is 0 Å². The van der Waals surface area contributed by atoms with Gasteiger partial charge in [0.15, 0.2) is 0 Å². The largest absolute Gasteiger partial charge is 0.390 e. The van der Waals surface area contributed by atoms with E-state index >= 15 is 0 Å². The van der Waals surface area contributed by atoms with Crippen LogP contribution in [0, 0.1) is 9.39 Å². The van der Waals surface area contributed by atoms with Crippen molar-refractivity contribution in [3.63, 3.8) is 0 Å². The molecule has 1 aliphatic rings. The molecule has 0 aromatic heterocycles. The van der Waals surface area contributed by atoms with Gasteiger partial charge in [0, 0.05) is 9.99 Å². The van der Waals surface area contributed by atoms with Crippen LogP contribution < -0.4 is 5.32 Å². The Bertz CT molecular complexity index is 1010. The quantitative estimate of drug-likeness (QED) is 0.552. The third-order valence-electron chi connectivity index (χ3n) is 4.86. The van der Waals surface area contributed by atoms with Gasteiger partial charge >= 0.3 is 0 Å². The smallest absolute Gasteiger partial charge is 0.254 e. The molecule has 0 saturated carbocycles. The molecule has 136 valence electrons. The monoisotopic (exact) mass is 473 g/mol. The highest BCUT2D eigenvalue weighted by Gasteiger charge is 2.33. The molecule has 5 heteroatoms. The van der Waals surface area contributed by atoms with Gasteiger partial charge in [-0.15, -0.1) is 0 Å². The molecule has 1 aliphatic carbocycles. The topological polar surface area (TPSA) is 49.3 Å². The van der Waals surface area contributed by atoms with Gasteiger partial charge in [0.2, 0.25) is 0 Å². The van der Waals surface area contributed by atoms with E-state index in [1.807, 2.05) is 48.5 Å². The number of hydrogen-bond donors (Lipinski definition) is 2. The minimum atomic E-state index is -0.714. The number of rotatable bonds is 3. The fourth-order valence-electron chi connectivity index (χ4n) is 3.49. The maximum Gasteiger partial charge on any atom is 0.254 e. The fourth-order valence-corrected chi connectivity index (χ4v) is 4.01. The van der Waals surface area contributed by atoms with Crippen molar-refractivity contribution in [1.82, 2.24) is 5.32 Å². The molecule has 0 spiro atoms.